The highest BCUT2D eigenvalue weighted by molar-refractivity contribution is 5.90. The van der Waals surface area contributed by atoms with Gasteiger partial charge in [-0.25, -0.2) is 0 Å². The lowest BCUT2D eigenvalue weighted by Crippen LogP contribution is -2.08. The Morgan fingerprint density at radius 3 is 2.09 bits per heavy atom. The SMILES string of the molecule is CCC(=O)/C=C(/C)C(C)(C)C. The molecule has 1 heteroatoms. The molecule has 0 spiro atoms. The van der Waals surface area contributed by atoms with Gasteiger partial charge in [-0.1, -0.05) is 33.3 Å². The van der Waals surface area contributed by atoms with Gasteiger partial charge in [-0.15, -0.1) is 0 Å². The zero-order chi connectivity index (χ0) is 9.07. The smallest absolute Gasteiger partial charge is 0.155 e. The van der Waals surface area contributed by atoms with Crippen LogP contribution in [0.1, 0.15) is 41.0 Å². The predicted molar refractivity (Wildman–Crippen MR) is 48.5 cm³/mol. The number of allylic oxidation sites excluding steroid dienone is 2. The molecule has 0 aromatic rings. The summed E-state index contributed by atoms with van der Waals surface area (Å²) in [6.45, 7) is 10.2. The number of rotatable bonds is 2. The standard InChI is InChI=1S/C10H18O/c1-6-9(11)7-8(2)10(3,4)5/h7H,6H2,1-5H3/b8-7-. The van der Waals surface area contributed by atoms with Crippen molar-refractivity contribution in [1.82, 2.24) is 0 Å². The Morgan fingerprint density at radius 2 is 1.82 bits per heavy atom. The number of hydrogen-bond donors (Lipinski definition) is 0. The number of hydrogen-bond acceptors (Lipinski definition) is 1. The van der Waals surface area contributed by atoms with Crippen LogP contribution in [0.5, 0.6) is 0 Å². The third kappa shape index (κ3) is 3.97. The molecule has 0 bridgehead atoms. The monoisotopic (exact) mass is 154 g/mol. The van der Waals surface area contributed by atoms with Crippen LogP contribution in [0, 0.1) is 5.41 Å². The fourth-order valence-corrected chi connectivity index (χ4v) is 0.560. The number of ketones is 1. The maximum absolute atomic E-state index is 11.0. The normalized spacial score (nSPS) is 13.4. The minimum absolute atomic E-state index is 0.130. The maximum Gasteiger partial charge on any atom is 0.155 e. The molecule has 0 rings (SSSR count). The first-order chi connectivity index (χ1) is 4.88. The van der Waals surface area contributed by atoms with Crippen LogP contribution in [0.25, 0.3) is 0 Å². The van der Waals surface area contributed by atoms with Gasteiger partial charge in [0.2, 0.25) is 0 Å². The van der Waals surface area contributed by atoms with Crippen molar-refractivity contribution in [3.05, 3.63) is 11.6 Å². The van der Waals surface area contributed by atoms with Gasteiger partial charge in [-0.2, -0.15) is 0 Å². The first-order valence-corrected chi connectivity index (χ1v) is 4.09. The van der Waals surface area contributed by atoms with E-state index in [1.807, 2.05) is 13.8 Å². The van der Waals surface area contributed by atoms with Crippen LogP contribution >= 0.6 is 0 Å². The zero-order valence-corrected chi connectivity index (χ0v) is 8.19. The molecule has 0 aliphatic rings. The lowest BCUT2D eigenvalue weighted by atomic mass is 9.87. The molecule has 0 saturated heterocycles. The molecule has 64 valence electrons. The molecule has 0 amide bonds. The molecule has 0 atom stereocenters. The lowest BCUT2D eigenvalue weighted by molar-refractivity contribution is -0.114. The van der Waals surface area contributed by atoms with E-state index in [0.29, 0.717) is 6.42 Å². The minimum Gasteiger partial charge on any atom is -0.295 e. The highest BCUT2D eigenvalue weighted by Gasteiger charge is 2.12. The highest BCUT2D eigenvalue weighted by Crippen LogP contribution is 2.24. The Bertz CT molecular complexity index is 170. The number of carbonyl (C=O) groups excluding carboxylic acids is 1. The van der Waals surface area contributed by atoms with Crippen LogP contribution in [0.4, 0.5) is 0 Å². The Kier molecular flexibility index (Phi) is 3.50. The molecule has 0 aromatic carbocycles. The van der Waals surface area contributed by atoms with Gasteiger partial charge in [0.25, 0.3) is 0 Å². The molecule has 0 aromatic heterocycles. The summed E-state index contributed by atoms with van der Waals surface area (Å²) in [5.41, 5.74) is 1.29. The van der Waals surface area contributed by atoms with Crippen molar-refractivity contribution in [3.63, 3.8) is 0 Å². The van der Waals surface area contributed by atoms with Crippen molar-refractivity contribution in [2.24, 2.45) is 5.41 Å². The Balaban J connectivity index is 4.35. The van der Waals surface area contributed by atoms with Crippen LogP contribution in [0.15, 0.2) is 11.6 Å². The van der Waals surface area contributed by atoms with E-state index in [1.54, 1.807) is 6.08 Å². The summed E-state index contributed by atoms with van der Waals surface area (Å²) in [5, 5.41) is 0. The third-order valence-electron chi connectivity index (χ3n) is 1.91. The molecular weight excluding hydrogens is 136 g/mol. The van der Waals surface area contributed by atoms with Gasteiger partial charge < -0.3 is 0 Å². The van der Waals surface area contributed by atoms with Crippen LogP contribution in [-0.4, -0.2) is 5.78 Å². The Hall–Kier alpha value is -0.590. The van der Waals surface area contributed by atoms with Crippen molar-refractivity contribution in [3.8, 4) is 0 Å². The van der Waals surface area contributed by atoms with E-state index in [0.717, 1.165) is 5.57 Å². The predicted octanol–water partition coefficient (Wildman–Crippen LogP) is 2.96. The largest absolute Gasteiger partial charge is 0.295 e. The quantitative estimate of drug-likeness (QED) is 0.559. The molecule has 0 saturated carbocycles. The van der Waals surface area contributed by atoms with E-state index in [1.165, 1.54) is 0 Å². The third-order valence-corrected chi connectivity index (χ3v) is 1.91. The van der Waals surface area contributed by atoms with Crippen LogP contribution in [0.2, 0.25) is 0 Å². The maximum atomic E-state index is 11.0. The molecule has 11 heavy (non-hydrogen) atoms. The van der Waals surface area contributed by atoms with Gasteiger partial charge in [0.15, 0.2) is 5.78 Å². The van der Waals surface area contributed by atoms with Crippen LogP contribution < -0.4 is 0 Å². The molecule has 0 radical (unpaired) electrons. The molecule has 0 unspecified atom stereocenters. The van der Waals surface area contributed by atoms with E-state index in [-0.39, 0.29) is 11.2 Å². The Labute approximate surface area is 69.5 Å². The summed E-state index contributed by atoms with van der Waals surface area (Å²) in [6.07, 6.45) is 2.35. The van der Waals surface area contributed by atoms with Gasteiger partial charge >= 0.3 is 0 Å². The molecule has 1 nitrogen and oxygen atoms in total. The van der Waals surface area contributed by atoms with Gasteiger partial charge in [0.05, 0.1) is 0 Å². The summed E-state index contributed by atoms with van der Waals surface area (Å²) >= 11 is 0. The summed E-state index contributed by atoms with van der Waals surface area (Å²) in [5.74, 6) is 0.220. The first kappa shape index (κ1) is 10.4. The zero-order valence-electron chi connectivity index (χ0n) is 8.19. The fourth-order valence-electron chi connectivity index (χ4n) is 0.560. The van der Waals surface area contributed by atoms with Gasteiger partial charge in [0.1, 0.15) is 0 Å². The van der Waals surface area contributed by atoms with Gasteiger partial charge in [0, 0.05) is 6.42 Å². The first-order valence-electron chi connectivity index (χ1n) is 4.09. The second-order valence-corrected chi connectivity index (χ2v) is 3.90. The summed E-state index contributed by atoms with van der Waals surface area (Å²) in [7, 11) is 0. The van der Waals surface area contributed by atoms with Crippen LogP contribution in [-0.2, 0) is 4.79 Å². The molecule has 0 fully saturated rings. The summed E-state index contributed by atoms with van der Waals surface area (Å²) in [6, 6.07) is 0. The van der Waals surface area contributed by atoms with Crippen LogP contribution in [0.3, 0.4) is 0 Å². The van der Waals surface area contributed by atoms with E-state index in [2.05, 4.69) is 20.8 Å². The molecule has 0 heterocycles. The topological polar surface area (TPSA) is 17.1 Å². The molecule has 0 N–H and O–H groups in total. The van der Waals surface area contributed by atoms with Crippen molar-refractivity contribution >= 4 is 5.78 Å². The summed E-state index contributed by atoms with van der Waals surface area (Å²) in [4.78, 5) is 11.0. The van der Waals surface area contributed by atoms with Crippen molar-refractivity contribution in [2.45, 2.75) is 41.0 Å². The minimum atomic E-state index is 0.130. The highest BCUT2D eigenvalue weighted by atomic mass is 16.1. The second-order valence-electron chi connectivity index (χ2n) is 3.90. The lowest BCUT2D eigenvalue weighted by Gasteiger charge is -2.18. The van der Waals surface area contributed by atoms with Crippen molar-refractivity contribution in [1.29, 1.82) is 0 Å². The average molecular weight is 154 g/mol. The van der Waals surface area contributed by atoms with Gasteiger partial charge in [-0.05, 0) is 18.4 Å². The van der Waals surface area contributed by atoms with E-state index < -0.39 is 0 Å². The van der Waals surface area contributed by atoms with E-state index in [9.17, 15) is 4.79 Å². The molecule has 0 aliphatic carbocycles. The average Bonchev–Trinajstić information content (AvgIpc) is 1.85. The Morgan fingerprint density at radius 1 is 1.36 bits per heavy atom. The van der Waals surface area contributed by atoms with E-state index >= 15 is 0 Å². The fraction of sp³-hybridized carbons (Fsp3) is 0.700. The number of carbonyl (C=O) groups is 1. The van der Waals surface area contributed by atoms with Gasteiger partial charge in [-0.3, -0.25) is 4.79 Å². The molecular formula is C10H18O. The molecule has 0 aliphatic heterocycles. The van der Waals surface area contributed by atoms with Crippen molar-refractivity contribution in [2.75, 3.05) is 0 Å². The summed E-state index contributed by atoms with van der Waals surface area (Å²) < 4.78 is 0. The van der Waals surface area contributed by atoms with E-state index in [4.69, 9.17) is 0 Å². The second kappa shape index (κ2) is 3.70. The van der Waals surface area contributed by atoms with Crippen molar-refractivity contribution < 1.29 is 4.79 Å².